The molecule has 0 N–H and O–H groups in total. The fraction of sp³-hybridized carbons (Fsp3) is 0.150. The van der Waals surface area contributed by atoms with Crippen molar-refractivity contribution in [3.05, 3.63) is 78.0 Å². The van der Waals surface area contributed by atoms with Crippen LogP contribution in [-0.2, 0) is 7.05 Å². The molecule has 0 aliphatic rings. The van der Waals surface area contributed by atoms with Crippen LogP contribution in [0.5, 0.6) is 0 Å². The summed E-state index contributed by atoms with van der Waals surface area (Å²) in [6.07, 6.45) is 2.11. The van der Waals surface area contributed by atoms with Crippen LogP contribution in [0.15, 0.2) is 66.9 Å². The largest absolute Gasteiger partial charge is 0.220 e. The molecule has 1 nitrogen and oxygen atoms in total. The molecule has 2 aromatic carbocycles. The van der Waals surface area contributed by atoms with E-state index in [0.29, 0.717) is 0 Å². The molecule has 0 amide bonds. The molecule has 0 aliphatic carbocycles. The average Bonchev–Trinajstić information content (AvgIpc) is 2.49. The van der Waals surface area contributed by atoms with E-state index >= 15 is 0 Å². The van der Waals surface area contributed by atoms with Gasteiger partial charge in [0, 0.05) is 11.6 Å². The Morgan fingerprint density at radius 2 is 1.14 bits per heavy atom. The molecule has 0 aliphatic heterocycles. The molecule has 0 saturated heterocycles. The van der Waals surface area contributed by atoms with Crippen LogP contribution in [0.25, 0.3) is 22.4 Å². The maximum Gasteiger partial charge on any atom is 0.220 e. The quantitative estimate of drug-likeness (QED) is 0.607. The zero-order valence-electron chi connectivity index (χ0n) is 12.8. The van der Waals surface area contributed by atoms with E-state index in [9.17, 15) is 0 Å². The fourth-order valence-corrected chi connectivity index (χ4v) is 2.88. The van der Waals surface area contributed by atoms with Crippen LogP contribution in [0, 0.1) is 13.8 Å². The molecule has 0 saturated carbocycles. The van der Waals surface area contributed by atoms with Crippen LogP contribution in [0.3, 0.4) is 0 Å². The van der Waals surface area contributed by atoms with E-state index in [0.717, 1.165) is 0 Å². The molecule has 0 bridgehead atoms. The van der Waals surface area contributed by atoms with E-state index in [1.54, 1.807) is 0 Å². The summed E-state index contributed by atoms with van der Waals surface area (Å²) in [5.74, 6) is 0. The van der Waals surface area contributed by atoms with Gasteiger partial charge in [0.1, 0.15) is 7.05 Å². The lowest BCUT2D eigenvalue weighted by Crippen LogP contribution is -2.31. The van der Waals surface area contributed by atoms with Gasteiger partial charge in [0.2, 0.25) is 5.69 Å². The number of benzene rings is 2. The minimum Gasteiger partial charge on any atom is -0.200 e. The summed E-state index contributed by atoms with van der Waals surface area (Å²) in [4.78, 5) is 0. The Kier molecular flexibility index (Phi) is 3.57. The molecule has 0 spiro atoms. The van der Waals surface area contributed by atoms with Gasteiger partial charge in [-0.25, -0.2) is 4.57 Å². The molecule has 0 fully saturated rings. The molecule has 0 radical (unpaired) electrons. The first kappa shape index (κ1) is 13.6. The average molecular weight is 274 g/mol. The van der Waals surface area contributed by atoms with Gasteiger partial charge in [-0.15, -0.1) is 0 Å². The van der Waals surface area contributed by atoms with Crippen LogP contribution in [-0.4, -0.2) is 0 Å². The van der Waals surface area contributed by atoms with E-state index in [2.05, 4.69) is 92.3 Å². The topological polar surface area (TPSA) is 3.88 Å². The van der Waals surface area contributed by atoms with Crippen molar-refractivity contribution in [1.82, 2.24) is 0 Å². The first-order valence-electron chi connectivity index (χ1n) is 7.29. The summed E-state index contributed by atoms with van der Waals surface area (Å²) in [6, 6.07) is 21.5. The van der Waals surface area contributed by atoms with Gasteiger partial charge >= 0.3 is 0 Å². The number of nitrogens with zero attached hydrogens (tertiary/aromatic N) is 1. The molecule has 0 atom stereocenters. The zero-order valence-corrected chi connectivity index (χ0v) is 12.8. The van der Waals surface area contributed by atoms with Crippen LogP contribution >= 0.6 is 0 Å². The Balaban J connectivity index is 2.32. The Labute approximate surface area is 126 Å². The molecule has 1 heterocycles. The SMILES string of the molecule is Cc1ccccc1-c1ccc[n+](C)c1-c1ccccc1C. The predicted molar refractivity (Wildman–Crippen MR) is 88.0 cm³/mol. The lowest BCUT2D eigenvalue weighted by atomic mass is 9.94. The highest BCUT2D eigenvalue weighted by Gasteiger charge is 2.19. The molecular weight excluding hydrogens is 254 g/mol. The van der Waals surface area contributed by atoms with E-state index in [-0.39, 0.29) is 0 Å². The Hall–Kier alpha value is -2.41. The summed E-state index contributed by atoms with van der Waals surface area (Å²) >= 11 is 0. The second-order valence-electron chi connectivity index (χ2n) is 5.51. The van der Waals surface area contributed by atoms with Gasteiger partial charge in [-0.3, -0.25) is 0 Å². The molecule has 104 valence electrons. The lowest BCUT2D eigenvalue weighted by Gasteiger charge is -2.11. The molecule has 3 rings (SSSR count). The van der Waals surface area contributed by atoms with Gasteiger partial charge in [0.15, 0.2) is 6.20 Å². The van der Waals surface area contributed by atoms with Gasteiger partial charge < -0.3 is 0 Å². The van der Waals surface area contributed by atoms with Gasteiger partial charge in [0.25, 0.3) is 0 Å². The van der Waals surface area contributed by atoms with Crippen molar-refractivity contribution in [1.29, 1.82) is 0 Å². The minimum atomic E-state index is 1.27. The molecular formula is C20H20N+. The molecule has 1 heteroatoms. The van der Waals surface area contributed by atoms with Gasteiger partial charge in [-0.05, 0) is 42.7 Å². The number of hydrogen-bond donors (Lipinski definition) is 0. The zero-order chi connectivity index (χ0) is 14.8. The van der Waals surface area contributed by atoms with Crippen LogP contribution in [0.2, 0.25) is 0 Å². The summed E-state index contributed by atoms with van der Waals surface area (Å²) in [5, 5.41) is 0. The van der Waals surface area contributed by atoms with Crippen molar-refractivity contribution in [2.24, 2.45) is 7.05 Å². The number of pyridine rings is 1. The highest BCUT2D eigenvalue weighted by molar-refractivity contribution is 5.81. The maximum atomic E-state index is 2.21. The second-order valence-corrected chi connectivity index (χ2v) is 5.51. The van der Waals surface area contributed by atoms with Crippen molar-refractivity contribution >= 4 is 0 Å². The van der Waals surface area contributed by atoms with E-state index in [1.807, 2.05) is 0 Å². The molecule has 1 aromatic heterocycles. The summed E-state index contributed by atoms with van der Waals surface area (Å²) < 4.78 is 2.21. The summed E-state index contributed by atoms with van der Waals surface area (Å²) in [5.41, 5.74) is 7.75. The van der Waals surface area contributed by atoms with Crippen LogP contribution in [0.4, 0.5) is 0 Å². The van der Waals surface area contributed by atoms with Crippen molar-refractivity contribution in [3.8, 4) is 22.4 Å². The Morgan fingerprint density at radius 1 is 0.619 bits per heavy atom. The summed E-state index contributed by atoms with van der Waals surface area (Å²) in [6.45, 7) is 4.34. The van der Waals surface area contributed by atoms with E-state index in [4.69, 9.17) is 0 Å². The van der Waals surface area contributed by atoms with Crippen molar-refractivity contribution in [2.45, 2.75) is 13.8 Å². The normalized spacial score (nSPS) is 10.6. The second kappa shape index (κ2) is 5.53. The highest BCUT2D eigenvalue weighted by Crippen LogP contribution is 2.32. The Morgan fingerprint density at radius 3 is 1.76 bits per heavy atom. The predicted octanol–water partition coefficient (Wildman–Crippen LogP) is 4.46. The van der Waals surface area contributed by atoms with Crippen molar-refractivity contribution in [2.75, 3.05) is 0 Å². The molecule has 21 heavy (non-hydrogen) atoms. The third-order valence-corrected chi connectivity index (χ3v) is 4.02. The third-order valence-electron chi connectivity index (χ3n) is 4.02. The highest BCUT2D eigenvalue weighted by atomic mass is 14.9. The molecule has 0 unspecified atom stereocenters. The van der Waals surface area contributed by atoms with Gasteiger partial charge in [-0.2, -0.15) is 0 Å². The first-order chi connectivity index (χ1) is 10.2. The number of hydrogen-bond acceptors (Lipinski definition) is 0. The molecule has 3 aromatic rings. The Bertz CT molecular complexity index is 787. The van der Waals surface area contributed by atoms with Crippen molar-refractivity contribution in [3.63, 3.8) is 0 Å². The fourth-order valence-electron chi connectivity index (χ4n) is 2.88. The standard InChI is InChI=1S/C20H20N/c1-15-9-4-6-11-17(15)19-13-8-14-21(3)20(19)18-12-7-5-10-16(18)2/h4-14H,1-3H3/q+1. The van der Waals surface area contributed by atoms with Crippen LogP contribution in [0.1, 0.15) is 11.1 Å². The monoisotopic (exact) mass is 274 g/mol. The number of aromatic nitrogens is 1. The van der Waals surface area contributed by atoms with E-state index < -0.39 is 0 Å². The first-order valence-corrected chi connectivity index (χ1v) is 7.29. The smallest absolute Gasteiger partial charge is 0.200 e. The van der Waals surface area contributed by atoms with Gasteiger partial charge in [0.05, 0.1) is 5.56 Å². The number of rotatable bonds is 2. The maximum absolute atomic E-state index is 2.21. The van der Waals surface area contributed by atoms with E-state index in [1.165, 1.54) is 33.5 Å². The third kappa shape index (κ3) is 2.47. The summed E-state index contributed by atoms with van der Waals surface area (Å²) in [7, 11) is 2.11. The lowest BCUT2D eigenvalue weighted by molar-refractivity contribution is -0.660. The minimum absolute atomic E-state index is 1.27. The number of aryl methyl sites for hydroxylation is 3. The van der Waals surface area contributed by atoms with Crippen molar-refractivity contribution < 1.29 is 4.57 Å². The van der Waals surface area contributed by atoms with Gasteiger partial charge in [-0.1, -0.05) is 42.5 Å². The van der Waals surface area contributed by atoms with Crippen LogP contribution < -0.4 is 4.57 Å².